The summed E-state index contributed by atoms with van der Waals surface area (Å²) < 4.78 is 37.7. The molecule has 1 aliphatic rings. The fraction of sp³-hybridized carbons (Fsp3) is 0.571. The van der Waals surface area contributed by atoms with Crippen LogP contribution in [-0.4, -0.2) is 35.4 Å². The molecule has 1 aliphatic heterocycles. The van der Waals surface area contributed by atoms with Gasteiger partial charge in [-0.05, 0) is 44.4 Å². The van der Waals surface area contributed by atoms with Crippen molar-refractivity contribution in [1.29, 1.82) is 0 Å². The van der Waals surface area contributed by atoms with Gasteiger partial charge in [0.25, 0.3) is 5.91 Å². The lowest BCUT2D eigenvalue weighted by Crippen LogP contribution is -2.40. The molecule has 0 atom stereocenters. The van der Waals surface area contributed by atoms with Gasteiger partial charge in [0.05, 0.1) is 11.3 Å². The molecule has 0 unspecified atom stereocenters. The van der Waals surface area contributed by atoms with Gasteiger partial charge in [-0.15, -0.1) is 0 Å². The highest BCUT2D eigenvalue weighted by Gasteiger charge is 2.33. The Balaban J connectivity index is 2.13. The summed E-state index contributed by atoms with van der Waals surface area (Å²) in [5.74, 6) is 0.157. The van der Waals surface area contributed by atoms with Crippen LogP contribution in [0.4, 0.5) is 13.2 Å². The van der Waals surface area contributed by atoms with E-state index in [1.54, 1.807) is 4.90 Å². The minimum Gasteiger partial charge on any atom is -0.339 e. The Hall–Kier alpha value is -1.63. The number of pyridine rings is 1. The number of amides is 1. The lowest BCUT2D eigenvalue weighted by atomic mass is 9.96. The maximum atomic E-state index is 12.6. The Bertz CT molecular complexity index is 523. The van der Waals surface area contributed by atoms with E-state index < -0.39 is 11.9 Å². The maximum Gasteiger partial charge on any atom is 0.433 e. The van der Waals surface area contributed by atoms with E-state index in [0.29, 0.717) is 25.6 Å². The maximum absolute atomic E-state index is 12.6. The van der Waals surface area contributed by atoms with Crippen LogP contribution in [0.3, 0.4) is 0 Å². The van der Waals surface area contributed by atoms with Gasteiger partial charge < -0.3 is 10.6 Å². The highest BCUT2D eigenvalue weighted by atomic mass is 19.4. The lowest BCUT2D eigenvalue weighted by molar-refractivity contribution is -0.141. The number of likely N-dealkylation sites (tertiary alicyclic amines) is 1. The summed E-state index contributed by atoms with van der Waals surface area (Å²) in [5, 5.41) is 0. The molecular formula is C14H18F3N3O. The number of rotatable bonds is 2. The molecular weight excluding hydrogens is 283 g/mol. The fourth-order valence-corrected chi connectivity index (χ4v) is 2.49. The summed E-state index contributed by atoms with van der Waals surface area (Å²) in [7, 11) is 0. The lowest BCUT2D eigenvalue weighted by Gasteiger charge is -2.31. The number of hydrogen-bond donors (Lipinski definition) is 1. The zero-order valence-corrected chi connectivity index (χ0v) is 11.8. The smallest absolute Gasteiger partial charge is 0.339 e. The second kappa shape index (κ2) is 6.01. The highest BCUT2D eigenvalue weighted by Crippen LogP contribution is 2.28. The predicted molar refractivity (Wildman–Crippen MR) is 71.7 cm³/mol. The second-order valence-electron chi connectivity index (χ2n) is 5.30. The number of aryl methyl sites for hydroxylation is 1. The van der Waals surface area contributed by atoms with Gasteiger partial charge >= 0.3 is 6.18 Å². The number of alkyl halides is 3. The highest BCUT2D eigenvalue weighted by molar-refractivity contribution is 5.95. The van der Waals surface area contributed by atoms with Crippen molar-refractivity contribution >= 4 is 5.91 Å². The number of carbonyl (C=O) groups excluding carboxylic acids is 1. The molecule has 0 saturated carbocycles. The van der Waals surface area contributed by atoms with E-state index >= 15 is 0 Å². The average Bonchev–Trinajstić information content (AvgIpc) is 2.45. The van der Waals surface area contributed by atoms with Crippen LogP contribution in [0, 0.1) is 12.8 Å². The number of halogens is 3. The molecule has 2 heterocycles. The van der Waals surface area contributed by atoms with Crippen molar-refractivity contribution in [3.63, 3.8) is 0 Å². The van der Waals surface area contributed by atoms with Gasteiger partial charge in [-0.1, -0.05) is 0 Å². The van der Waals surface area contributed by atoms with E-state index in [2.05, 4.69) is 4.98 Å². The third kappa shape index (κ3) is 3.53. The van der Waals surface area contributed by atoms with Crippen LogP contribution in [0.2, 0.25) is 0 Å². The van der Waals surface area contributed by atoms with E-state index in [-0.39, 0.29) is 17.2 Å². The molecule has 4 nitrogen and oxygen atoms in total. The Morgan fingerprint density at radius 1 is 1.38 bits per heavy atom. The normalized spacial score (nSPS) is 17.1. The molecule has 0 radical (unpaired) electrons. The monoisotopic (exact) mass is 301 g/mol. The first-order valence-corrected chi connectivity index (χ1v) is 6.87. The van der Waals surface area contributed by atoms with Crippen molar-refractivity contribution in [3.8, 4) is 0 Å². The van der Waals surface area contributed by atoms with Crippen LogP contribution in [0.1, 0.15) is 34.6 Å². The van der Waals surface area contributed by atoms with E-state index in [4.69, 9.17) is 5.73 Å². The van der Waals surface area contributed by atoms with E-state index in [0.717, 1.165) is 18.9 Å². The predicted octanol–water partition coefficient (Wildman–Crippen LogP) is 2.22. The van der Waals surface area contributed by atoms with Crippen LogP contribution in [-0.2, 0) is 6.18 Å². The summed E-state index contributed by atoms with van der Waals surface area (Å²) in [4.78, 5) is 17.5. The van der Waals surface area contributed by atoms with E-state index in [9.17, 15) is 18.0 Å². The quantitative estimate of drug-likeness (QED) is 0.911. The third-order valence-electron chi connectivity index (χ3n) is 3.84. The van der Waals surface area contributed by atoms with Gasteiger partial charge in [-0.3, -0.25) is 4.79 Å². The third-order valence-corrected chi connectivity index (χ3v) is 3.84. The molecule has 0 aromatic carbocycles. The van der Waals surface area contributed by atoms with Gasteiger partial charge in [0, 0.05) is 13.1 Å². The SMILES string of the molecule is Cc1nc(C(F)(F)F)ccc1C(=O)N1CCC(CN)CC1. The fourth-order valence-electron chi connectivity index (χ4n) is 2.49. The van der Waals surface area contributed by atoms with Gasteiger partial charge in [0.2, 0.25) is 0 Å². The molecule has 116 valence electrons. The molecule has 2 N–H and O–H groups in total. The van der Waals surface area contributed by atoms with Crippen molar-refractivity contribution in [2.45, 2.75) is 25.9 Å². The molecule has 7 heteroatoms. The summed E-state index contributed by atoms with van der Waals surface area (Å²) >= 11 is 0. The minimum absolute atomic E-state index is 0.107. The molecule has 1 aromatic heterocycles. The van der Waals surface area contributed by atoms with Gasteiger partial charge in [0.15, 0.2) is 0 Å². The minimum atomic E-state index is -4.49. The Labute approximate surface area is 121 Å². The molecule has 1 fully saturated rings. The topological polar surface area (TPSA) is 59.2 Å². The summed E-state index contributed by atoms with van der Waals surface area (Å²) in [6.45, 7) is 3.19. The first-order chi connectivity index (χ1) is 9.82. The van der Waals surface area contributed by atoms with Crippen molar-refractivity contribution < 1.29 is 18.0 Å². The second-order valence-corrected chi connectivity index (χ2v) is 5.30. The van der Waals surface area contributed by atoms with E-state index in [1.807, 2.05) is 0 Å². The Morgan fingerprint density at radius 3 is 2.48 bits per heavy atom. The molecule has 0 bridgehead atoms. The van der Waals surface area contributed by atoms with Crippen molar-refractivity contribution in [2.75, 3.05) is 19.6 Å². The van der Waals surface area contributed by atoms with E-state index in [1.165, 1.54) is 13.0 Å². The number of aromatic nitrogens is 1. The van der Waals surface area contributed by atoms with Crippen molar-refractivity contribution in [2.24, 2.45) is 11.7 Å². The first-order valence-electron chi connectivity index (χ1n) is 6.87. The Kier molecular flexibility index (Phi) is 4.51. The number of nitrogens with two attached hydrogens (primary N) is 1. The van der Waals surface area contributed by atoms with Gasteiger partial charge in [0.1, 0.15) is 5.69 Å². The number of hydrogen-bond acceptors (Lipinski definition) is 3. The van der Waals surface area contributed by atoms with Gasteiger partial charge in [-0.25, -0.2) is 4.98 Å². The molecule has 1 saturated heterocycles. The van der Waals surface area contributed by atoms with Crippen molar-refractivity contribution in [1.82, 2.24) is 9.88 Å². The van der Waals surface area contributed by atoms with Gasteiger partial charge in [-0.2, -0.15) is 13.2 Å². The van der Waals surface area contributed by atoms with Crippen LogP contribution < -0.4 is 5.73 Å². The Morgan fingerprint density at radius 2 is 2.00 bits per heavy atom. The molecule has 0 aliphatic carbocycles. The summed E-state index contributed by atoms with van der Waals surface area (Å²) in [5.41, 5.74) is 4.96. The molecule has 2 rings (SSSR count). The van der Waals surface area contributed by atoms with Crippen LogP contribution in [0.25, 0.3) is 0 Å². The first kappa shape index (κ1) is 15.8. The summed E-state index contributed by atoms with van der Waals surface area (Å²) in [6, 6.07) is 2.06. The molecule has 1 aromatic rings. The largest absolute Gasteiger partial charge is 0.433 e. The van der Waals surface area contributed by atoms with Crippen LogP contribution in [0.15, 0.2) is 12.1 Å². The number of carbonyl (C=O) groups is 1. The van der Waals surface area contributed by atoms with Crippen LogP contribution in [0.5, 0.6) is 0 Å². The zero-order valence-electron chi connectivity index (χ0n) is 11.8. The van der Waals surface area contributed by atoms with Crippen LogP contribution >= 0.6 is 0 Å². The zero-order chi connectivity index (χ0) is 15.6. The number of nitrogens with zero attached hydrogens (tertiary/aromatic N) is 2. The van der Waals surface area contributed by atoms with Crippen molar-refractivity contribution in [3.05, 3.63) is 29.1 Å². The molecule has 0 spiro atoms. The average molecular weight is 301 g/mol. The number of piperidine rings is 1. The molecule has 21 heavy (non-hydrogen) atoms. The molecule has 1 amide bonds. The standard InChI is InChI=1S/C14H18F3N3O/c1-9-11(2-3-12(19-9)14(15,16)17)13(21)20-6-4-10(8-18)5-7-20/h2-3,10H,4-8,18H2,1H3. The summed E-state index contributed by atoms with van der Waals surface area (Å²) in [6.07, 6.45) is -2.84.